The molecule has 2 rings (SSSR count). The van der Waals surface area contributed by atoms with Crippen molar-refractivity contribution in [1.82, 2.24) is 0 Å². The molecule has 0 N–H and O–H groups in total. The first kappa shape index (κ1) is 13.5. The Morgan fingerprint density at radius 3 is 1.58 bits per heavy atom. The lowest BCUT2D eigenvalue weighted by Gasteiger charge is -2.22. The molecular formula is C14H10ClF2NO. The Labute approximate surface area is 114 Å². The average Bonchev–Trinajstić information content (AvgIpc) is 2.43. The third-order valence-electron chi connectivity index (χ3n) is 2.53. The average molecular weight is 282 g/mol. The fourth-order valence-electron chi connectivity index (χ4n) is 1.68. The van der Waals surface area contributed by atoms with Crippen molar-refractivity contribution < 1.29 is 13.6 Å². The van der Waals surface area contributed by atoms with E-state index in [1.165, 1.54) is 53.4 Å². The number of hydrogen-bond donors (Lipinski definition) is 0. The summed E-state index contributed by atoms with van der Waals surface area (Å²) in [6.07, 6.45) is 0. The highest BCUT2D eigenvalue weighted by Gasteiger charge is 2.17. The first-order valence-electron chi connectivity index (χ1n) is 5.52. The minimum absolute atomic E-state index is 0.227. The number of halogens is 3. The van der Waals surface area contributed by atoms with Crippen LogP contribution in [0.15, 0.2) is 48.5 Å². The topological polar surface area (TPSA) is 20.3 Å². The molecule has 0 aliphatic rings. The van der Waals surface area contributed by atoms with Gasteiger partial charge < -0.3 is 0 Å². The summed E-state index contributed by atoms with van der Waals surface area (Å²) in [5, 5.41) is 0. The van der Waals surface area contributed by atoms with Crippen molar-refractivity contribution in [1.29, 1.82) is 0 Å². The molecule has 0 fully saturated rings. The van der Waals surface area contributed by atoms with Gasteiger partial charge in [0.25, 0.3) is 0 Å². The summed E-state index contributed by atoms with van der Waals surface area (Å²) in [6, 6.07) is 10.8. The smallest absolute Gasteiger partial charge is 0.246 e. The summed E-state index contributed by atoms with van der Waals surface area (Å²) < 4.78 is 25.8. The standard InChI is InChI=1S/C14H10ClF2NO/c15-9-14(19)18(12-5-1-10(16)2-6-12)13-7-3-11(17)4-8-13/h1-8H,9H2. The van der Waals surface area contributed by atoms with E-state index in [0.29, 0.717) is 11.4 Å². The van der Waals surface area contributed by atoms with Crippen LogP contribution >= 0.6 is 11.6 Å². The lowest BCUT2D eigenvalue weighted by molar-refractivity contribution is -0.115. The van der Waals surface area contributed by atoms with E-state index >= 15 is 0 Å². The third kappa shape index (κ3) is 3.09. The molecular weight excluding hydrogens is 272 g/mol. The first-order chi connectivity index (χ1) is 9.11. The normalized spacial score (nSPS) is 10.3. The highest BCUT2D eigenvalue weighted by Crippen LogP contribution is 2.26. The van der Waals surface area contributed by atoms with Gasteiger partial charge in [0.15, 0.2) is 0 Å². The SMILES string of the molecule is O=C(CCl)N(c1ccc(F)cc1)c1ccc(F)cc1. The van der Waals surface area contributed by atoms with E-state index in [9.17, 15) is 13.6 Å². The number of carbonyl (C=O) groups excluding carboxylic acids is 1. The molecule has 2 nitrogen and oxygen atoms in total. The van der Waals surface area contributed by atoms with Gasteiger partial charge in [-0.3, -0.25) is 9.69 Å². The molecule has 19 heavy (non-hydrogen) atoms. The Bertz CT molecular complexity index is 524. The first-order valence-corrected chi connectivity index (χ1v) is 6.05. The van der Waals surface area contributed by atoms with Gasteiger partial charge in [-0.05, 0) is 48.5 Å². The molecule has 0 spiro atoms. The fraction of sp³-hybridized carbons (Fsp3) is 0.0714. The molecule has 1 amide bonds. The zero-order valence-electron chi connectivity index (χ0n) is 9.82. The molecule has 0 saturated heterocycles. The van der Waals surface area contributed by atoms with Crippen molar-refractivity contribution in [3.8, 4) is 0 Å². The molecule has 2 aromatic rings. The zero-order valence-corrected chi connectivity index (χ0v) is 10.6. The Kier molecular flexibility index (Phi) is 4.12. The number of hydrogen-bond acceptors (Lipinski definition) is 1. The largest absolute Gasteiger partial charge is 0.280 e. The lowest BCUT2D eigenvalue weighted by Crippen LogP contribution is -2.26. The molecule has 0 saturated carbocycles. The lowest BCUT2D eigenvalue weighted by atomic mass is 10.2. The summed E-state index contributed by atoms with van der Waals surface area (Å²) >= 11 is 5.57. The molecule has 0 bridgehead atoms. The second kappa shape index (κ2) is 5.80. The molecule has 0 aromatic heterocycles. The van der Waals surface area contributed by atoms with Crippen LogP contribution in [0.4, 0.5) is 20.2 Å². The molecule has 0 aliphatic carbocycles. The van der Waals surface area contributed by atoms with Gasteiger partial charge in [-0.15, -0.1) is 11.6 Å². The van der Waals surface area contributed by atoms with Crippen LogP contribution in [0.25, 0.3) is 0 Å². The monoisotopic (exact) mass is 281 g/mol. The van der Waals surface area contributed by atoms with Gasteiger partial charge >= 0.3 is 0 Å². The minimum atomic E-state index is -0.402. The maximum absolute atomic E-state index is 12.9. The van der Waals surface area contributed by atoms with Crippen molar-refractivity contribution in [2.45, 2.75) is 0 Å². The maximum Gasteiger partial charge on any atom is 0.246 e. The summed E-state index contributed by atoms with van der Waals surface area (Å²) in [6.45, 7) is 0. The van der Waals surface area contributed by atoms with Gasteiger partial charge in [0.2, 0.25) is 5.91 Å². The predicted molar refractivity (Wildman–Crippen MR) is 70.7 cm³/mol. The second-order valence-corrected chi connectivity index (χ2v) is 4.08. The van der Waals surface area contributed by atoms with Crippen molar-refractivity contribution in [2.75, 3.05) is 10.8 Å². The second-order valence-electron chi connectivity index (χ2n) is 3.82. The fourth-order valence-corrected chi connectivity index (χ4v) is 1.80. The van der Waals surface area contributed by atoms with E-state index < -0.39 is 11.6 Å². The van der Waals surface area contributed by atoms with Crippen molar-refractivity contribution in [2.24, 2.45) is 0 Å². The number of nitrogens with zero attached hydrogens (tertiary/aromatic N) is 1. The van der Waals surface area contributed by atoms with Gasteiger partial charge in [-0.1, -0.05) is 0 Å². The highest BCUT2D eigenvalue weighted by atomic mass is 35.5. The Hall–Kier alpha value is -1.94. The molecule has 0 atom stereocenters. The van der Waals surface area contributed by atoms with Crippen LogP contribution < -0.4 is 4.90 Å². The number of carbonyl (C=O) groups is 1. The van der Waals surface area contributed by atoms with Gasteiger partial charge in [-0.25, -0.2) is 8.78 Å². The van der Waals surface area contributed by atoms with Gasteiger partial charge in [0.1, 0.15) is 17.5 Å². The van der Waals surface area contributed by atoms with E-state index in [2.05, 4.69) is 0 Å². The Balaban J connectivity index is 2.44. The van der Waals surface area contributed by atoms with Crippen LogP contribution in [0.2, 0.25) is 0 Å². The molecule has 0 heterocycles. The number of rotatable bonds is 3. The molecule has 0 radical (unpaired) electrons. The maximum atomic E-state index is 12.9. The zero-order chi connectivity index (χ0) is 13.8. The predicted octanol–water partition coefficient (Wildman–Crippen LogP) is 3.87. The molecule has 0 aliphatic heterocycles. The summed E-state index contributed by atoms with van der Waals surface area (Å²) in [5.74, 6) is -1.41. The molecule has 5 heteroatoms. The van der Waals surface area contributed by atoms with Crippen molar-refractivity contribution in [3.63, 3.8) is 0 Å². The van der Waals surface area contributed by atoms with Crippen molar-refractivity contribution in [3.05, 3.63) is 60.2 Å². The summed E-state index contributed by atoms with van der Waals surface area (Å²) in [4.78, 5) is 13.2. The van der Waals surface area contributed by atoms with Crippen LogP contribution in [0.5, 0.6) is 0 Å². The molecule has 0 unspecified atom stereocenters. The van der Waals surface area contributed by atoms with E-state index in [-0.39, 0.29) is 11.8 Å². The van der Waals surface area contributed by atoms with Crippen LogP contribution in [-0.4, -0.2) is 11.8 Å². The number of anilines is 2. The molecule has 98 valence electrons. The van der Waals surface area contributed by atoms with Crippen molar-refractivity contribution >= 4 is 28.9 Å². The van der Waals surface area contributed by atoms with Crippen LogP contribution in [0.3, 0.4) is 0 Å². The van der Waals surface area contributed by atoms with Gasteiger partial charge in [-0.2, -0.15) is 0 Å². The van der Waals surface area contributed by atoms with E-state index in [1.54, 1.807) is 0 Å². The van der Waals surface area contributed by atoms with E-state index in [1.807, 2.05) is 0 Å². The Morgan fingerprint density at radius 2 is 1.26 bits per heavy atom. The van der Waals surface area contributed by atoms with Crippen LogP contribution in [0, 0.1) is 11.6 Å². The summed E-state index contributed by atoms with van der Waals surface area (Å²) in [7, 11) is 0. The molecule has 2 aromatic carbocycles. The van der Waals surface area contributed by atoms with Gasteiger partial charge in [0, 0.05) is 11.4 Å². The quantitative estimate of drug-likeness (QED) is 0.782. The number of alkyl halides is 1. The summed E-state index contributed by atoms with van der Waals surface area (Å²) in [5.41, 5.74) is 0.942. The van der Waals surface area contributed by atoms with Crippen LogP contribution in [0.1, 0.15) is 0 Å². The number of benzene rings is 2. The number of amides is 1. The minimum Gasteiger partial charge on any atom is -0.280 e. The van der Waals surface area contributed by atoms with Gasteiger partial charge in [0.05, 0.1) is 0 Å². The Morgan fingerprint density at radius 1 is 0.895 bits per heavy atom. The van der Waals surface area contributed by atoms with Crippen LogP contribution in [-0.2, 0) is 4.79 Å². The van der Waals surface area contributed by atoms with E-state index in [4.69, 9.17) is 11.6 Å². The highest BCUT2D eigenvalue weighted by molar-refractivity contribution is 6.30. The third-order valence-corrected chi connectivity index (χ3v) is 2.76. The van der Waals surface area contributed by atoms with E-state index in [0.717, 1.165) is 0 Å².